The number of aliphatic imine (C=N–C) groups is 1. The van der Waals surface area contributed by atoms with Gasteiger partial charge in [0.15, 0.2) is 5.96 Å². The molecule has 1 heterocycles. The highest BCUT2D eigenvalue weighted by molar-refractivity contribution is 5.79. The van der Waals surface area contributed by atoms with Gasteiger partial charge in [-0.05, 0) is 30.5 Å². The third-order valence-corrected chi connectivity index (χ3v) is 3.37. The Morgan fingerprint density at radius 1 is 1.24 bits per heavy atom. The minimum atomic E-state index is -0.665. The molecule has 3 N–H and O–H groups in total. The number of rotatable bonds is 5. The fourth-order valence-electron chi connectivity index (χ4n) is 2.14. The first kappa shape index (κ1) is 15.4. The molecule has 1 aromatic rings. The molecule has 0 spiro atoms. The number of methoxy groups -OCH3 is 2. The summed E-state index contributed by atoms with van der Waals surface area (Å²) in [5.74, 6) is 2.07. The molecule has 0 fully saturated rings. The number of hydrogen-bond donors (Lipinski definition) is 3. The lowest BCUT2D eigenvalue weighted by Crippen LogP contribution is -2.39. The van der Waals surface area contributed by atoms with Gasteiger partial charge < -0.3 is 25.2 Å². The molecular weight excluding hydrogens is 270 g/mol. The Labute approximate surface area is 125 Å². The quantitative estimate of drug-likeness (QED) is 0.757. The lowest BCUT2D eigenvalue weighted by molar-refractivity contribution is 0.180. The standard InChI is InChI=1S/C15H23N3O3/c1-20-12-7-11(8-13(9-12)21-2)14(19)10-18-15-16-5-3-4-6-17-15/h7-9,14,19H,3-6,10H2,1-2H3,(H2,16,17,18). The topological polar surface area (TPSA) is 75.1 Å². The Kier molecular flexibility index (Phi) is 5.68. The number of hydrogen-bond acceptors (Lipinski definition) is 6. The third-order valence-electron chi connectivity index (χ3n) is 3.37. The highest BCUT2D eigenvalue weighted by atomic mass is 16.5. The van der Waals surface area contributed by atoms with Gasteiger partial charge in [-0.3, -0.25) is 4.99 Å². The molecule has 1 unspecified atom stereocenters. The van der Waals surface area contributed by atoms with E-state index in [-0.39, 0.29) is 0 Å². The molecule has 21 heavy (non-hydrogen) atoms. The number of guanidine groups is 1. The maximum Gasteiger partial charge on any atom is 0.191 e. The molecule has 0 aliphatic carbocycles. The number of ether oxygens (including phenoxy) is 2. The van der Waals surface area contributed by atoms with E-state index in [9.17, 15) is 5.11 Å². The second kappa shape index (κ2) is 7.73. The summed E-state index contributed by atoms with van der Waals surface area (Å²) in [7, 11) is 3.18. The van der Waals surface area contributed by atoms with Crippen molar-refractivity contribution < 1.29 is 14.6 Å². The highest BCUT2D eigenvalue weighted by Gasteiger charge is 2.12. The second-order valence-electron chi connectivity index (χ2n) is 4.91. The van der Waals surface area contributed by atoms with E-state index in [1.54, 1.807) is 32.4 Å². The number of benzene rings is 1. The molecule has 1 aliphatic heterocycles. The van der Waals surface area contributed by atoms with Crippen LogP contribution in [0.1, 0.15) is 24.5 Å². The highest BCUT2D eigenvalue weighted by Crippen LogP contribution is 2.26. The first-order valence-corrected chi connectivity index (χ1v) is 7.16. The summed E-state index contributed by atoms with van der Waals surface area (Å²) < 4.78 is 10.4. The van der Waals surface area contributed by atoms with E-state index in [0.29, 0.717) is 18.0 Å². The van der Waals surface area contributed by atoms with Crippen molar-refractivity contribution in [3.8, 4) is 11.5 Å². The Balaban J connectivity index is 1.99. The van der Waals surface area contributed by atoms with Gasteiger partial charge >= 0.3 is 0 Å². The summed E-state index contributed by atoms with van der Waals surface area (Å²) in [4.78, 5) is 4.39. The molecule has 116 valence electrons. The first-order chi connectivity index (χ1) is 10.2. The van der Waals surface area contributed by atoms with Crippen LogP contribution in [-0.2, 0) is 0 Å². The summed E-state index contributed by atoms with van der Waals surface area (Å²) in [6.07, 6.45) is 1.54. The molecule has 0 saturated carbocycles. The van der Waals surface area contributed by atoms with E-state index in [4.69, 9.17) is 9.47 Å². The van der Waals surface area contributed by atoms with Gasteiger partial charge in [0.2, 0.25) is 0 Å². The molecule has 2 rings (SSSR count). The van der Waals surface area contributed by atoms with Gasteiger partial charge in [-0.2, -0.15) is 0 Å². The number of aliphatic hydroxyl groups is 1. The summed E-state index contributed by atoms with van der Waals surface area (Å²) in [5.41, 5.74) is 0.743. The normalized spacial score (nSPS) is 16.2. The molecule has 6 heteroatoms. The van der Waals surface area contributed by atoms with E-state index < -0.39 is 6.10 Å². The minimum absolute atomic E-state index is 0.377. The lowest BCUT2D eigenvalue weighted by atomic mass is 10.1. The predicted octanol–water partition coefficient (Wildman–Crippen LogP) is 1.07. The SMILES string of the molecule is COc1cc(OC)cc(C(O)CNC2=NCCCCN2)c1. The predicted molar refractivity (Wildman–Crippen MR) is 82.0 cm³/mol. The van der Waals surface area contributed by atoms with Crippen molar-refractivity contribution in [2.75, 3.05) is 33.9 Å². The van der Waals surface area contributed by atoms with E-state index in [0.717, 1.165) is 37.5 Å². The largest absolute Gasteiger partial charge is 0.497 e. The van der Waals surface area contributed by atoms with Gasteiger partial charge in [0.25, 0.3) is 0 Å². The molecule has 0 amide bonds. The van der Waals surface area contributed by atoms with E-state index in [2.05, 4.69) is 15.6 Å². The summed E-state index contributed by atoms with van der Waals surface area (Å²) in [6, 6.07) is 5.38. The molecule has 0 radical (unpaired) electrons. The van der Waals surface area contributed by atoms with Crippen molar-refractivity contribution in [2.45, 2.75) is 18.9 Å². The van der Waals surface area contributed by atoms with Gasteiger partial charge in [-0.1, -0.05) is 0 Å². The van der Waals surface area contributed by atoms with Crippen LogP contribution in [0, 0.1) is 0 Å². The maximum atomic E-state index is 10.3. The van der Waals surface area contributed by atoms with E-state index in [1.165, 1.54) is 0 Å². The molecule has 1 atom stereocenters. The van der Waals surface area contributed by atoms with Gasteiger partial charge in [-0.15, -0.1) is 0 Å². The van der Waals surface area contributed by atoms with Crippen molar-refractivity contribution in [1.29, 1.82) is 0 Å². The fourth-order valence-corrected chi connectivity index (χ4v) is 2.14. The van der Waals surface area contributed by atoms with Gasteiger partial charge in [0, 0.05) is 25.7 Å². The molecular formula is C15H23N3O3. The number of nitrogens with zero attached hydrogens (tertiary/aromatic N) is 1. The maximum absolute atomic E-state index is 10.3. The van der Waals surface area contributed by atoms with Crippen LogP contribution >= 0.6 is 0 Å². The second-order valence-corrected chi connectivity index (χ2v) is 4.91. The summed E-state index contributed by atoms with van der Waals surface area (Å²) >= 11 is 0. The molecule has 6 nitrogen and oxygen atoms in total. The van der Waals surface area contributed by atoms with Crippen molar-refractivity contribution in [3.05, 3.63) is 23.8 Å². The summed E-state index contributed by atoms with van der Waals surface area (Å²) in [6.45, 7) is 2.11. The van der Waals surface area contributed by atoms with Crippen LogP contribution < -0.4 is 20.1 Å². The van der Waals surface area contributed by atoms with Crippen LogP contribution in [0.2, 0.25) is 0 Å². The molecule has 0 saturated heterocycles. The molecule has 0 aromatic heterocycles. The summed E-state index contributed by atoms with van der Waals surface area (Å²) in [5, 5.41) is 16.7. The van der Waals surface area contributed by atoms with Gasteiger partial charge in [-0.25, -0.2) is 0 Å². The van der Waals surface area contributed by atoms with Crippen LogP contribution in [-0.4, -0.2) is 44.9 Å². The van der Waals surface area contributed by atoms with Crippen LogP contribution in [0.4, 0.5) is 0 Å². The first-order valence-electron chi connectivity index (χ1n) is 7.16. The van der Waals surface area contributed by atoms with Gasteiger partial charge in [0.1, 0.15) is 11.5 Å². The average molecular weight is 293 g/mol. The Morgan fingerprint density at radius 3 is 2.62 bits per heavy atom. The zero-order valence-corrected chi connectivity index (χ0v) is 12.6. The van der Waals surface area contributed by atoms with E-state index >= 15 is 0 Å². The van der Waals surface area contributed by atoms with Crippen LogP contribution in [0.15, 0.2) is 23.2 Å². The zero-order valence-electron chi connectivity index (χ0n) is 12.6. The lowest BCUT2D eigenvalue weighted by Gasteiger charge is -2.16. The van der Waals surface area contributed by atoms with Crippen molar-refractivity contribution in [2.24, 2.45) is 4.99 Å². The fraction of sp³-hybridized carbons (Fsp3) is 0.533. The van der Waals surface area contributed by atoms with Crippen molar-refractivity contribution in [1.82, 2.24) is 10.6 Å². The third kappa shape index (κ3) is 4.53. The van der Waals surface area contributed by atoms with Crippen molar-refractivity contribution in [3.63, 3.8) is 0 Å². The van der Waals surface area contributed by atoms with E-state index in [1.807, 2.05) is 0 Å². The zero-order chi connectivity index (χ0) is 15.1. The Morgan fingerprint density at radius 2 is 1.95 bits per heavy atom. The van der Waals surface area contributed by atoms with Crippen LogP contribution in [0.5, 0.6) is 11.5 Å². The average Bonchev–Trinajstić information content (AvgIpc) is 2.80. The van der Waals surface area contributed by atoms with Crippen LogP contribution in [0.3, 0.4) is 0 Å². The molecule has 1 aromatic carbocycles. The Hall–Kier alpha value is -1.95. The van der Waals surface area contributed by atoms with Crippen LogP contribution in [0.25, 0.3) is 0 Å². The van der Waals surface area contributed by atoms with Gasteiger partial charge in [0.05, 0.1) is 20.3 Å². The molecule has 0 bridgehead atoms. The number of aliphatic hydroxyl groups excluding tert-OH is 1. The van der Waals surface area contributed by atoms with Crippen molar-refractivity contribution >= 4 is 5.96 Å². The Bertz CT molecular complexity index is 469. The minimum Gasteiger partial charge on any atom is -0.497 e. The smallest absolute Gasteiger partial charge is 0.191 e. The molecule has 1 aliphatic rings. The monoisotopic (exact) mass is 293 g/mol. The number of nitrogens with one attached hydrogen (secondary N) is 2.